The lowest BCUT2D eigenvalue weighted by Crippen LogP contribution is -2.40. The van der Waals surface area contributed by atoms with Gasteiger partial charge >= 0.3 is 12.1 Å². The zero-order valence-electron chi connectivity index (χ0n) is 13.3. The van der Waals surface area contributed by atoms with Crippen LogP contribution in [-0.2, 0) is 25.7 Å². The van der Waals surface area contributed by atoms with E-state index in [4.69, 9.17) is 21.6 Å². The van der Waals surface area contributed by atoms with Crippen molar-refractivity contribution >= 4 is 27.6 Å². The number of carbonyl (C=O) groups is 1. The Morgan fingerprint density at radius 3 is 2.50 bits per heavy atom. The van der Waals surface area contributed by atoms with Crippen LogP contribution in [0.5, 0.6) is 0 Å². The minimum atomic E-state index is -4.78. The van der Waals surface area contributed by atoms with E-state index in [-0.39, 0.29) is 32.5 Å². The van der Waals surface area contributed by atoms with Crippen LogP contribution in [0.2, 0.25) is 5.02 Å². The van der Waals surface area contributed by atoms with Gasteiger partial charge in [-0.3, -0.25) is 4.79 Å². The molecule has 11 heteroatoms. The van der Waals surface area contributed by atoms with Crippen molar-refractivity contribution in [1.29, 1.82) is 5.26 Å². The third kappa shape index (κ3) is 4.47. The maximum absolute atomic E-state index is 12.9. The van der Waals surface area contributed by atoms with E-state index in [0.717, 1.165) is 16.4 Å². The number of halogens is 4. The molecule has 0 atom stereocenters. The van der Waals surface area contributed by atoms with Crippen LogP contribution in [0.15, 0.2) is 23.1 Å². The maximum atomic E-state index is 12.9. The Hall–Kier alpha value is -1.83. The third-order valence-corrected chi connectivity index (χ3v) is 6.17. The monoisotopic (exact) mass is 410 g/mol. The van der Waals surface area contributed by atoms with Crippen LogP contribution in [0.25, 0.3) is 0 Å². The summed E-state index contributed by atoms with van der Waals surface area (Å²) in [4.78, 5) is 11.2. The number of ether oxygens (including phenoxy) is 1. The number of piperidine rings is 1. The summed E-state index contributed by atoms with van der Waals surface area (Å²) in [5, 5.41) is 7.80. The highest BCUT2D eigenvalue weighted by Gasteiger charge is 2.37. The fourth-order valence-corrected chi connectivity index (χ4v) is 4.31. The average Bonchev–Trinajstić information content (AvgIpc) is 2.59. The molecule has 2 rings (SSSR count). The predicted molar refractivity (Wildman–Crippen MR) is 84.5 cm³/mol. The highest BCUT2D eigenvalue weighted by Crippen LogP contribution is 2.36. The lowest BCUT2D eigenvalue weighted by Gasteiger charge is -2.30. The van der Waals surface area contributed by atoms with Crippen molar-refractivity contribution in [2.75, 3.05) is 19.7 Å². The number of carbonyl (C=O) groups excluding carboxylic acids is 1. The Labute approximate surface area is 153 Å². The fourth-order valence-electron chi connectivity index (χ4n) is 2.58. The van der Waals surface area contributed by atoms with Crippen LogP contribution < -0.4 is 0 Å². The molecule has 0 aromatic heterocycles. The molecule has 1 aromatic carbocycles. The number of nitrogens with zero attached hydrogens (tertiary/aromatic N) is 2. The van der Waals surface area contributed by atoms with Crippen molar-refractivity contribution in [3.05, 3.63) is 28.8 Å². The molecule has 6 nitrogen and oxygen atoms in total. The highest BCUT2D eigenvalue weighted by atomic mass is 35.5. The normalized spacial score (nSPS) is 16.9. The molecule has 26 heavy (non-hydrogen) atoms. The standard InChI is InChI=1S/C15H14ClF3N2O4S/c16-13-2-1-11(9-12(13)15(17,18)19)26(23,24)21-6-3-10(4-7-21)14(22)25-8-5-20/h1-2,9-10H,3-4,6-8H2. The van der Waals surface area contributed by atoms with Gasteiger partial charge in [-0.25, -0.2) is 8.42 Å². The number of nitriles is 1. The zero-order chi connectivity index (χ0) is 19.5. The number of sulfonamides is 1. The molecule has 0 saturated carbocycles. The first kappa shape index (κ1) is 20.5. The van der Waals surface area contributed by atoms with Crippen LogP contribution in [-0.4, -0.2) is 38.4 Å². The average molecular weight is 411 g/mol. The van der Waals surface area contributed by atoms with Crippen LogP contribution in [0.4, 0.5) is 13.2 Å². The molecule has 1 aliphatic rings. The quantitative estimate of drug-likeness (QED) is 0.712. The second-order valence-electron chi connectivity index (χ2n) is 5.58. The van der Waals surface area contributed by atoms with E-state index < -0.39 is 43.6 Å². The largest absolute Gasteiger partial charge is 0.450 e. The van der Waals surface area contributed by atoms with Gasteiger partial charge in [0.15, 0.2) is 6.61 Å². The summed E-state index contributed by atoms with van der Waals surface area (Å²) in [5.41, 5.74) is -1.23. The van der Waals surface area contributed by atoms with Crippen LogP contribution in [0, 0.1) is 17.2 Å². The molecular formula is C15H14ClF3N2O4S. The van der Waals surface area contributed by atoms with E-state index in [9.17, 15) is 26.4 Å². The Bertz CT molecular complexity index is 828. The summed E-state index contributed by atoms with van der Waals surface area (Å²) in [7, 11) is -4.16. The molecule has 1 fully saturated rings. The van der Waals surface area contributed by atoms with Crippen molar-refractivity contribution in [1.82, 2.24) is 4.31 Å². The smallest absolute Gasteiger partial charge is 0.417 e. The van der Waals surface area contributed by atoms with Gasteiger partial charge < -0.3 is 4.74 Å². The molecule has 1 saturated heterocycles. The molecular weight excluding hydrogens is 397 g/mol. The van der Waals surface area contributed by atoms with Gasteiger partial charge in [-0.05, 0) is 31.0 Å². The maximum Gasteiger partial charge on any atom is 0.417 e. The second kappa shape index (κ2) is 7.82. The molecule has 0 N–H and O–H groups in total. The minimum absolute atomic E-state index is 0.0430. The summed E-state index contributed by atoms with van der Waals surface area (Å²) in [6.45, 7) is -0.473. The van der Waals surface area contributed by atoms with Crippen molar-refractivity contribution in [2.45, 2.75) is 23.9 Å². The van der Waals surface area contributed by atoms with Gasteiger partial charge in [0.1, 0.15) is 6.07 Å². The van der Waals surface area contributed by atoms with Crippen LogP contribution >= 0.6 is 11.6 Å². The highest BCUT2D eigenvalue weighted by molar-refractivity contribution is 7.89. The van der Waals surface area contributed by atoms with Crippen molar-refractivity contribution in [3.8, 4) is 6.07 Å². The summed E-state index contributed by atoms with van der Waals surface area (Å²) in [6, 6.07) is 4.07. The molecule has 0 aliphatic carbocycles. The molecule has 0 spiro atoms. The molecule has 1 aliphatic heterocycles. The molecule has 0 bridgehead atoms. The summed E-state index contributed by atoms with van der Waals surface area (Å²) in [6.07, 6.45) is -4.47. The van der Waals surface area contributed by atoms with Crippen LogP contribution in [0.1, 0.15) is 18.4 Å². The zero-order valence-corrected chi connectivity index (χ0v) is 14.9. The summed E-state index contributed by atoms with van der Waals surface area (Å²) >= 11 is 5.51. The first-order valence-corrected chi connectivity index (χ1v) is 9.29. The molecule has 0 radical (unpaired) electrons. The van der Waals surface area contributed by atoms with Crippen molar-refractivity contribution in [2.24, 2.45) is 5.92 Å². The summed E-state index contributed by atoms with van der Waals surface area (Å²) < 4.78 is 69.7. The Morgan fingerprint density at radius 1 is 1.35 bits per heavy atom. The number of alkyl halides is 3. The Balaban J connectivity index is 2.15. The Kier molecular flexibility index (Phi) is 6.16. The van der Waals surface area contributed by atoms with Crippen LogP contribution in [0.3, 0.4) is 0 Å². The number of rotatable bonds is 4. The van der Waals surface area contributed by atoms with Gasteiger partial charge in [-0.2, -0.15) is 22.7 Å². The lowest BCUT2D eigenvalue weighted by molar-refractivity contribution is -0.148. The van der Waals surface area contributed by atoms with Gasteiger partial charge in [0, 0.05) is 13.1 Å². The molecule has 0 unspecified atom stereocenters. The van der Waals surface area contributed by atoms with E-state index in [1.165, 1.54) is 0 Å². The van der Waals surface area contributed by atoms with E-state index in [1.54, 1.807) is 6.07 Å². The van der Waals surface area contributed by atoms with Gasteiger partial charge in [0.2, 0.25) is 10.0 Å². The fraction of sp³-hybridized carbons (Fsp3) is 0.467. The SMILES string of the molecule is N#CCOC(=O)C1CCN(S(=O)(=O)c2ccc(Cl)c(C(F)(F)F)c2)CC1. The van der Waals surface area contributed by atoms with Gasteiger partial charge in [0.05, 0.1) is 21.4 Å². The van der Waals surface area contributed by atoms with E-state index >= 15 is 0 Å². The van der Waals surface area contributed by atoms with Gasteiger partial charge in [-0.15, -0.1) is 0 Å². The van der Waals surface area contributed by atoms with E-state index in [1.807, 2.05) is 0 Å². The number of benzene rings is 1. The molecule has 0 amide bonds. The topological polar surface area (TPSA) is 87.5 Å². The lowest BCUT2D eigenvalue weighted by atomic mass is 9.98. The Morgan fingerprint density at radius 2 is 1.96 bits per heavy atom. The van der Waals surface area contributed by atoms with Crippen molar-refractivity contribution < 1.29 is 31.1 Å². The van der Waals surface area contributed by atoms with Gasteiger partial charge in [0.25, 0.3) is 0 Å². The number of hydrogen-bond donors (Lipinski definition) is 0. The van der Waals surface area contributed by atoms with E-state index in [0.29, 0.717) is 6.07 Å². The second-order valence-corrected chi connectivity index (χ2v) is 7.93. The van der Waals surface area contributed by atoms with E-state index in [2.05, 4.69) is 0 Å². The van der Waals surface area contributed by atoms with Gasteiger partial charge in [-0.1, -0.05) is 11.6 Å². The molecule has 142 valence electrons. The first-order valence-electron chi connectivity index (χ1n) is 7.48. The predicted octanol–water partition coefficient (Wildman–Crippen LogP) is 2.83. The molecule has 1 heterocycles. The minimum Gasteiger partial charge on any atom is -0.450 e. The first-order chi connectivity index (χ1) is 12.1. The van der Waals surface area contributed by atoms with Crippen molar-refractivity contribution in [3.63, 3.8) is 0 Å². The molecule has 1 aromatic rings. The summed E-state index contributed by atoms with van der Waals surface area (Å²) in [5.74, 6) is -1.14. The number of esters is 1. The number of hydrogen-bond acceptors (Lipinski definition) is 5. The third-order valence-electron chi connectivity index (χ3n) is 3.95.